The molecule has 26 heavy (non-hydrogen) atoms. The first-order valence-corrected chi connectivity index (χ1v) is 10.4. The molecule has 0 amide bonds. The first-order valence-electron chi connectivity index (χ1n) is 10.4. The Morgan fingerprint density at radius 2 is 2.08 bits per heavy atom. The molecule has 3 aliphatic rings. The van der Waals surface area contributed by atoms with E-state index in [4.69, 9.17) is 0 Å². The standard InChI is InChI=1S/C22H34O4/c1-26-22(25)9-5-2-6-15-12-17-14-21(24)18(19(17)13-15)10-11-20(23)16-7-3-4-8-16/h6,10-11,16-21,23-24H,2-5,7-9,12-14H2,1H3/t17-,18-,19-,20+,21+/m0/s1. The van der Waals surface area contributed by atoms with Gasteiger partial charge in [0.2, 0.25) is 0 Å². The lowest BCUT2D eigenvalue weighted by atomic mass is 9.89. The van der Waals surface area contributed by atoms with Gasteiger partial charge in [0.25, 0.3) is 0 Å². The molecule has 0 aromatic heterocycles. The number of rotatable bonds is 7. The molecule has 3 aliphatic carbocycles. The van der Waals surface area contributed by atoms with E-state index in [0.29, 0.717) is 24.2 Å². The number of allylic oxidation sites excluding steroid dienone is 2. The van der Waals surface area contributed by atoms with E-state index in [1.54, 1.807) is 0 Å². The molecule has 0 heterocycles. The second kappa shape index (κ2) is 9.18. The van der Waals surface area contributed by atoms with Crippen LogP contribution >= 0.6 is 0 Å². The maximum Gasteiger partial charge on any atom is 0.305 e. The fraction of sp³-hybridized carbons (Fsp3) is 0.773. The van der Waals surface area contributed by atoms with Crippen LogP contribution in [0, 0.1) is 23.7 Å². The third-order valence-corrected chi connectivity index (χ3v) is 6.77. The third-order valence-electron chi connectivity index (χ3n) is 6.77. The topological polar surface area (TPSA) is 66.8 Å². The highest BCUT2D eigenvalue weighted by molar-refractivity contribution is 5.69. The number of fused-ring (bicyclic) bond motifs is 1. The SMILES string of the molecule is COC(=O)CCCC=C1C[C@H]2C[C@@H](O)[C@@H](C=C[C@@H](O)C3CCCC3)[C@H]2C1. The average molecular weight is 363 g/mol. The first-order chi connectivity index (χ1) is 12.6. The van der Waals surface area contributed by atoms with Gasteiger partial charge in [0.1, 0.15) is 0 Å². The van der Waals surface area contributed by atoms with Crippen molar-refractivity contribution in [2.45, 2.75) is 76.4 Å². The lowest BCUT2D eigenvalue weighted by Crippen LogP contribution is -2.19. The summed E-state index contributed by atoms with van der Waals surface area (Å²) in [5.74, 6) is 1.52. The van der Waals surface area contributed by atoms with E-state index < -0.39 is 0 Å². The van der Waals surface area contributed by atoms with Gasteiger partial charge in [-0.15, -0.1) is 0 Å². The summed E-state index contributed by atoms with van der Waals surface area (Å²) in [4.78, 5) is 11.2. The number of carbonyl (C=O) groups excluding carboxylic acids is 1. The van der Waals surface area contributed by atoms with E-state index in [0.717, 1.165) is 44.9 Å². The van der Waals surface area contributed by atoms with Gasteiger partial charge in [0.15, 0.2) is 0 Å². The van der Waals surface area contributed by atoms with Gasteiger partial charge in [-0.05, 0) is 62.7 Å². The van der Waals surface area contributed by atoms with E-state index in [2.05, 4.69) is 16.9 Å². The molecule has 0 unspecified atom stereocenters. The predicted octanol–water partition coefficient (Wildman–Crippen LogP) is 3.77. The second-order valence-corrected chi connectivity index (χ2v) is 8.46. The minimum atomic E-state index is -0.349. The molecule has 0 radical (unpaired) electrons. The molecule has 0 spiro atoms. The number of esters is 1. The van der Waals surface area contributed by atoms with Gasteiger partial charge in [0.05, 0.1) is 19.3 Å². The number of aliphatic hydroxyl groups excluding tert-OH is 2. The van der Waals surface area contributed by atoms with E-state index in [1.165, 1.54) is 25.5 Å². The molecule has 4 heteroatoms. The molecule has 0 bridgehead atoms. The van der Waals surface area contributed by atoms with Gasteiger partial charge in [-0.25, -0.2) is 0 Å². The zero-order valence-corrected chi connectivity index (χ0v) is 16.0. The number of aliphatic hydroxyl groups is 2. The Kier molecular flexibility index (Phi) is 6.93. The molecule has 3 fully saturated rings. The van der Waals surface area contributed by atoms with Crippen molar-refractivity contribution in [1.29, 1.82) is 0 Å². The summed E-state index contributed by atoms with van der Waals surface area (Å²) in [6, 6.07) is 0. The summed E-state index contributed by atoms with van der Waals surface area (Å²) in [5, 5.41) is 20.8. The van der Waals surface area contributed by atoms with Crippen LogP contribution in [0.15, 0.2) is 23.8 Å². The molecule has 0 aliphatic heterocycles. The van der Waals surface area contributed by atoms with Crippen molar-refractivity contribution < 1.29 is 19.7 Å². The number of unbranched alkanes of at least 4 members (excludes halogenated alkanes) is 1. The van der Waals surface area contributed by atoms with Crippen LogP contribution in [-0.2, 0) is 9.53 Å². The van der Waals surface area contributed by atoms with Crippen LogP contribution in [0.3, 0.4) is 0 Å². The first kappa shape index (κ1) is 19.6. The normalized spacial score (nSPS) is 34.7. The lowest BCUT2D eigenvalue weighted by molar-refractivity contribution is -0.140. The predicted molar refractivity (Wildman–Crippen MR) is 101 cm³/mol. The van der Waals surface area contributed by atoms with Gasteiger partial charge in [-0.2, -0.15) is 0 Å². The van der Waals surface area contributed by atoms with Gasteiger partial charge in [0, 0.05) is 12.3 Å². The number of hydrogen-bond donors (Lipinski definition) is 2. The minimum absolute atomic E-state index is 0.138. The summed E-state index contributed by atoms with van der Waals surface area (Å²) in [7, 11) is 1.43. The Morgan fingerprint density at radius 3 is 2.81 bits per heavy atom. The number of ether oxygens (including phenoxy) is 1. The highest BCUT2D eigenvalue weighted by Crippen LogP contribution is 2.50. The number of methoxy groups -OCH3 is 1. The zero-order chi connectivity index (χ0) is 18.5. The zero-order valence-electron chi connectivity index (χ0n) is 16.0. The molecule has 0 aromatic rings. The molecule has 3 rings (SSSR count). The van der Waals surface area contributed by atoms with Gasteiger partial charge in [-0.1, -0.05) is 36.6 Å². The van der Waals surface area contributed by atoms with Gasteiger partial charge in [-0.3, -0.25) is 4.79 Å². The molecule has 146 valence electrons. The molecule has 2 N–H and O–H groups in total. The second-order valence-electron chi connectivity index (χ2n) is 8.46. The lowest BCUT2D eigenvalue weighted by Gasteiger charge is -2.19. The quantitative estimate of drug-likeness (QED) is 0.411. The Balaban J connectivity index is 1.50. The Bertz CT molecular complexity index is 532. The maximum atomic E-state index is 11.2. The Labute approximate surface area is 157 Å². The van der Waals surface area contributed by atoms with Crippen LogP contribution in [-0.4, -0.2) is 35.5 Å². The van der Waals surface area contributed by atoms with Crippen molar-refractivity contribution in [3.63, 3.8) is 0 Å². The average Bonchev–Trinajstić information content (AvgIpc) is 3.33. The minimum Gasteiger partial charge on any atom is -0.469 e. The number of hydrogen-bond acceptors (Lipinski definition) is 4. The van der Waals surface area contributed by atoms with Crippen molar-refractivity contribution in [2.24, 2.45) is 23.7 Å². The largest absolute Gasteiger partial charge is 0.469 e. The van der Waals surface area contributed by atoms with Crippen LogP contribution < -0.4 is 0 Å². The van der Waals surface area contributed by atoms with E-state index in [-0.39, 0.29) is 24.1 Å². The van der Waals surface area contributed by atoms with E-state index >= 15 is 0 Å². The third kappa shape index (κ3) is 4.77. The molecule has 5 atom stereocenters. The highest BCUT2D eigenvalue weighted by atomic mass is 16.5. The summed E-state index contributed by atoms with van der Waals surface area (Å²) in [6.07, 6.45) is 15.7. The Hall–Kier alpha value is -1.13. The van der Waals surface area contributed by atoms with Crippen molar-refractivity contribution in [1.82, 2.24) is 0 Å². The highest BCUT2D eigenvalue weighted by Gasteiger charge is 2.45. The van der Waals surface area contributed by atoms with E-state index in [9.17, 15) is 15.0 Å². The smallest absolute Gasteiger partial charge is 0.305 e. The van der Waals surface area contributed by atoms with Gasteiger partial charge < -0.3 is 14.9 Å². The molecule has 3 saturated carbocycles. The van der Waals surface area contributed by atoms with Crippen molar-refractivity contribution in [3.05, 3.63) is 23.8 Å². The summed E-state index contributed by atoms with van der Waals surface area (Å²) in [5.41, 5.74) is 1.48. The van der Waals surface area contributed by atoms with Crippen LogP contribution in [0.2, 0.25) is 0 Å². The summed E-state index contributed by atoms with van der Waals surface area (Å²) < 4.78 is 4.68. The van der Waals surface area contributed by atoms with Crippen molar-refractivity contribution in [3.8, 4) is 0 Å². The molecular weight excluding hydrogens is 328 g/mol. The summed E-state index contributed by atoms with van der Waals surface area (Å²) >= 11 is 0. The van der Waals surface area contributed by atoms with Crippen LogP contribution in [0.25, 0.3) is 0 Å². The fourth-order valence-electron chi connectivity index (χ4n) is 5.29. The summed E-state index contributed by atoms with van der Waals surface area (Å²) in [6.45, 7) is 0. The molecule has 4 nitrogen and oxygen atoms in total. The number of carbonyl (C=O) groups is 1. The molecule has 0 aromatic carbocycles. The molecule has 0 saturated heterocycles. The Morgan fingerprint density at radius 1 is 1.31 bits per heavy atom. The monoisotopic (exact) mass is 362 g/mol. The fourth-order valence-corrected chi connectivity index (χ4v) is 5.29. The van der Waals surface area contributed by atoms with Gasteiger partial charge >= 0.3 is 5.97 Å². The van der Waals surface area contributed by atoms with E-state index in [1.807, 2.05) is 6.08 Å². The van der Waals surface area contributed by atoms with Crippen LogP contribution in [0.5, 0.6) is 0 Å². The molecular formula is C22H34O4. The van der Waals surface area contributed by atoms with Crippen molar-refractivity contribution in [2.75, 3.05) is 7.11 Å². The van der Waals surface area contributed by atoms with Crippen LogP contribution in [0.4, 0.5) is 0 Å². The van der Waals surface area contributed by atoms with Crippen LogP contribution in [0.1, 0.15) is 64.2 Å². The maximum absolute atomic E-state index is 11.2. The van der Waals surface area contributed by atoms with Crippen molar-refractivity contribution >= 4 is 5.97 Å².